The lowest BCUT2D eigenvalue weighted by atomic mass is 10.1. The van der Waals surface area contributed by atoms with Gasteiger partial charge in [-0.25, -0.2) is 0 Å². The number of nitrogens with zero attached hydrogens (tertiary/aromatic N) is 1. The van der Waals surface area contributed by atoms with Gasteiger partial charge in [-0.3, -0.25) is 5.43 Å². The molecule has 0 aliphatic rings. The van der Waals surface area contributed by atoms with Crippen molar-refractivity contribution in [1.29, 1.82) is 0 Å². The zero-order valence-electron chi connectivity index (χ0n) is 12.6. The molecule has 0 amide bonds. The van der Waals surface area contributed by atoms with E-state index in [2.05, 4.69) is 15.8 Å². The molecule has 0 saturated heterocycles. The van der Waals surface area contributed by atoms with Gasteiger partial charge in [-0.2, -0.15) is 5.10 Å². The normalized spacial score (nSPS) is 10.8. The van der Waals surface area contributed by atoms with Gasteiger partial charge in [0.2, 0.25) is 0 Å². The third kappa shape index (κ3) is 3.61. The van der Waals surface area contributed by atoms with Crippen molar-refractivity contribution in [2.45, 2.75) is 0 Å². The van der Waals surface area contributed by atoms with Gasteiger partial charge in [-0.1, -0.05) is 36.4 Å². The minimum absolute atomic E-state index is 0.00856. The number of fused-ring (bicyclic) bond motifs is 1. The van der Waals surface area contributed by atoms with Crippen LogP contribution in [0.5, 0.6) is 11.5 Å². The van der Waals surface area contributed by atoms with Crippen LogP contribution in [0.25, 0.3) is 10.8 Å². The number of nitrogens with one attached hydrogen (secondary N) is 2. The summed E-state index contributed by atoms with van der Waals surface area (Å²) < 4.78 is 0. The van der Waals surface area contributed by atoms with Crippen LogP contribution in [0.15, 0.2) is 65.8 Å². The third-order valence-electron chi connectivity index (χ3n) is 3.42. The van der Waals surface area contributed by atoms with Crippen LogP contribution < -0.4 is 10.7 Å². The molecule has 0 spiro atoms. The lowest BCUT2D eigenvalue weighted by molar-refractivity contribution is 0.450. The average molecular weight is 337 g/mol. The van der Waals surface area contributed by atoms with Gasteiger partial charge in [0, 0.05) is 22.7 Å². The van der Waals surface area contributed by atoms with Crippen LogP contribution >= 0.6 is 12.2 Å². The topological polar surface area (TPSA) is 76.9 Å². The van der Waals surface area contributed by atoms with Gasteiger partial charge >= 0.3 is 0 Å². The van der Waals surface area contributed by atoms with Crippen molar-refractivity contribution in [2.75, 3.05) is 5.32 Å². The molecule has 0 radical (unpaired) electrons. The largest absolute Gasteiger partial charge is 0.508 e. The van der Waals surface area contributed by atoms with Crippen molar-refractivity contribution >= 4 is 40.0 Å². The number of anilines is 1. The molecule has 0 bridgehead atoms. The van der Waals surface area contributed by atoms with Crippen molar-refractivity contribution in [2.24, 2.45) is 5.10 Å². The van der Waals surface area contributed by atoms with E-state index < -0.39 is 0 Å². The maximum Gasteiger partial charge on any atom is 0.191 e. The van der Waals surface area contributed by atoms with E-state index in [-0.39, 0.29) is 11.5 Å². The first-order valence-corrected chi connectivity index (χ1v) is 7.64. The summed E-state index contributed by atoms with van der Waals surface area (Å²) in [6.07, 6.45) is 1.42. The summed E-state index contributed by atoms with van der Waals surface area (Å²) in [6, 6.07) is 18.2. The second-order valence-corrected chi connectivity index (χ2v) is 5.50. The number of thiocarbonyl (C=S) groups is 1. The Hall–Kier alpha value is -3.12. The number of hydrogen-bond acceptors (Lipinski definition) is 4. The Bertz CT molecular complexity index is 920. The zero-order chi connectivity index (χ0) is 16.9. The smallest absolute Gasteiger partial charge is 0.191 e. The fraction of sp³-hybridized carbons (Fsp3) is 0. The van der Waals surface area contributed by atoms with Crippen molar-refractivity contribution in [1.82, 2.24) is 5.43 Å². The Labute approximate surface area is 144 Å². The lowest BCUT2D eigenvalue weighted by Crippen LogP contribution is -2.23. The highest BCUT2D eigenvalue weighted by molar-refractivity contribution is 7.80. The summed E-state index contributed by atoms with van der Waals surface area (Å²) in [5.74, 6) is -0.0702. The molecule has 3 aromatic rings. The van der Waals surface area contributed by atoms with Crippen LogP contribution in [0.1, 0.15) is 5.56 Å². The first-order valence-electron chi connectivity index (χ1n) is 7.23. The van der Waals surface area contributed by atoms with E-state index in [9.17, 15) is 10.2 Å². The molecule has 0 aliphatic heterocycles. The molecule has 0 saturated carbocycles. The van der Waals surface area contributed by atoms with E-state index >= 15 is 0 Å². The van der Waals surface area contributed by atoms with Crippen LogP contribution in [0.3, 0.4) is 0 Å². The average Bonchev–Trinajstić information content (AvgIpc) is 2.57. The fourth-order valence-corrected chi connectivity index (χ4v) is 2.45. The van der Waals surface area contributed by atoms with Gasteiger partial charge in [-0.15, -0.1) is 0 Å². The summed E-state index contributed by atoms with van der Waals surface area (Å²) in [7, 11) is 0. The van der Waals surface area contributed by atoms with Gasteiger partial charge in [0.25, 0.3) is 0 Å². The summed E-state index contributed by atoms with van der Waals surface area (Å²) in [5.41, 5.74) is 4.05. The van der Waals surface area contributed by atoms with Gasteiger partial charge < -0.3 is 15.5 Å². The van der Waals surface area contributed by atoms with Crippen LogP contribution in [0.4, 0.5) is 5.69 Å². The summed E-state index contributed by atoms with van der Waals surface area (Å²) in [6.45, 7) is 0. The number of phenolic OH excluding ortho intramolecular Hbond substituents is 2. The Kier molecular flexibility index (Phi) is 4.58. The first kappa shape index (κ1) is 15.8. The molecule has 0 unspecified atom stereocenters. The monoisotopic (exact) mass is 337 g/mol. The minimum Gasteiger partial charge on any atom is -0.508 e. The molecule has 0 aromatic heterocycles. The molecule has 5 nitrogen and oxygen atoms in total. The molecule has 3 rings (SSSR count). The van der Waals surface area contributed by atoms with E-state index in [0.29, 0.717) is 10.7 Å². The predicted molar refractivity (Wildman–Crippen MR) is 101 cm³/mol. The van der Waals surface area contributed by atoms with Crippen LogP contribution in [-0.2, 0) is 0 Å². The van der Waals surface area contributed by atoms with Gasteiger partial charge in [0.1, 0.15) is 11.5 Å². The number of rotatable bonds is 3. The molecule has 6 heteroatoms. The standard InChI is InChI=1S/C18H15N3O2S/c22-14-9-8-13(17(23)10-14)11-19-21-18(24)20-16-7-3-5-12-4-1-2-6-15(12)16/h1-11,22-23H,(H2,20,21,24)/b19-11+. The Morgan fingerprint density at radius 2 is 1.79 bits per heavy atom. The van der Waals surface area contributed by atoms with Crippen molar-refractivity contribution in [3.05, 3.63) is 66.2 Å². The van der Waals surface area contributed by atoms with Crippen molar-refractivity contribution in [3.63, 3.8) is 0 Å². The maximum atomic E-state index is 9.68. The molecule has 3 aromatic carbocycles. The molecule has 0 atom stereocenters. The number of hydrogen-bond donors (Lipinski definition) is 4. The summed E-state index contributed by atoms with van der Waals surface area (Å²) in [4.78, 5) is 0. The van der Waals surface area contributed by atoms with E-state index in [1.807, 2.05) is 42.5 Å². The maximum absolute atomic E-state index is 9.68. The zero-order valence-corrected chi connectivity index (χ0v) is 13.4. The van der Waals surface area contributed by atoms with Gasteiger partial charge in [0.15, 0.2) is 5.11 Å². The first-order chi connectivity index (χ1) is 11.6. The SMILES string of the molecule is Oc1ccc(/C=N/NC(=S)Nc2cccc3ccccc23)c(O)c1. The third-order valence-corrected chi connectivity index (χ3v) is 3.61. The lowest BCUT2D eigenvalue weighted by Gasteiger charge is -2.10. The molecule has 4 N–H and O–H groups in total. The Morgan fingerprint density at radius 3 is 2.62 bits per heavy atom. The van der Waals surface area contributed by atoms with Crippen molar-refractivity contribution in [3.8, 4) is 11.5 Å². The summed E-state index contributed by atoms with van der Waals surface area (Å²) in [5, 5.41) is 28.5. The highest BCUT2D eigenvalue weighted by Gasteiger charge is 2.02. The fourth-order valence-electron chi connectivity index (χ4n) is 2.29. The number of benzene rings is 3. The highest BCUT2D eigenvalue weighted by atomic mass is 32.1. The molecular formula is C18H15N3O2S. The second-order valence-electron chi connectivity index (χ2n) is 5.09. The van der Waals surface area contributed by atoms with Gasteiger partial charge in [-0.05, 0) is 35.8 Å². The molecule has 0 fully saturated rings. The van der Waals surface area contributed by atoms with E-state index in [1.165, 1.54) is 18.3 Å². The Balaban J connectivity index is 1.68. The van der Waals surface area contributed by atoms with Crippen LogP contribution in [0.2, 0.25) is 0 Å². The van der Waals surface area contributed by atoms with E-state index in [0.717, 1.165) is 16.5 Å². The number of phenols is 2. The molecule has 24 heavy (non-hydrogen) atoms. The van der Waals surface area contributed by atoms with Gasteiger partial charge in [0.05, 0.1) is 6.21 Å². The Morgan fingerprint density at radius 1 is 1.00 bits per heavy atom. The molecule has 0 heterocycles. The molecular weight excluding hydrogens is 322 g/mol. The number of hydrazone groups is 1. The molecule has 0 aliphatic carbocycles. The second kappa shape index (κ2) is 6.97. The minimum atomic E-state index is -0.0616. The van der Waals surface area contributed by atoms with E-state index in [4.69, 9.17) is 12.2 Å². The molecule has 120 valence electrons. The van der Waals surface area contributed by atoms with Crippen LogP contribution in [-0.4, -0.2) is 21.5 Å². The van der Waals surface area contributed by atoms with E-state index in [1.54, 1.807) is 6.07 Å². The predicted octanol–water partition coefficient (Wildman–Crippen LogP) is 3.57. The highest BCUT2D eigenvalue weighted by Crippen LogP contribution is 2.23. The van der Waals surface area contributed by atoms with Crippen LogP contribution in [0, 0.1) is 0 Å². The number of aromatic hydroxyl groups is 2. The quantitative estimate of drug-likeness (QED) is 0.334. The van der Waals surface area contributed by atoms with Crippen molar-refractivity contribution < 1.29 is 10.2 Å². The summed E-state index contributed by atoms with van der Waals surface area (Å²) >= 11 is 5.23.